The summed E-state index contributed by atoms with van der Waals surface area (Å²) in [6.07, 6.45) is 3.85. The molecule has 0 aliphatic heterocycles. The molecule has 3 rings (SSSR count). The van der Waals surface area contributed by atoms with Gasteiger partial charge in [0.05, 0.1) is 23.5 Å². The number of para-hydroxylation sites is 1. The maximum absolute atomic E-state index is 9.55. The van der Waals surface area contributed by atoms with E-state index in [2.05, 4.69) is 36.6 Å². The van der Waals surface area contributed by atoms with Gasteiger partial charge in [-0.1, -0.05) is 31.5 Å². The first kappa shape index (κ1) is 31.7. The van der Waals surface area contributed by atoms with Crippen molar-refractivity contribution in [3.8, 4) is 0 Å². The van der Waals surface area contributed by atoms with Gasteiger partial charge in [-0.3, -0.25) is 0 Å². The largest absolute Gasteiger partial charge is 0.396 e. The number of nitrogens with one attached hydrogen (secondary N) is 2. The first-order valence-corrected chi connectivity index (χ1v) is 14.7. The second-order valence-electron chi connectivity index (χ2n) is 9.35. The van der Waals surface area contributed by atoms with Gasteiger partial charge < -0.3 is 26.0 Å². The van der Waals surface area contributed by atoms with Crippen molar-refractivity contribution in [3.05, 3.63) is 63.5 Å². The van der Waals surface area contributed by atoms with E-state index in [-0.39, 0.29) is 12.5 Å². The van der Waals surface area contributed by atoms with Crippen molar-refractivity contribution < 1.29 is 15.3 Å². The third-order valence-electron chi connectivity index (χ3n) is 5.38. The normalized spacial score (nSPS) is 12.5. The van der Waals surface area contributed by atoms with Crippen molar-refractivity contribution in [2.24, 2.45) is 10.9 Å². The van der Waals surface area contributed by atoms with E-state index in [1.165, 1.54) is 23.6 Å². The Bertz CT molecular complexity index is 1140. The molecule has 0 amide bonds. The van der Waals surface area contributed by atoms with Crippen LogP contribution in [0.5, 0.6) is 0 Å². The van der Waals surface area contributed by atoms with Crippen LogP contribution in [0.3, 0.4) is 0 Å². The van der Waals surface area contributed by atoms with Gasteiger partial charge in [-0.25, -0.2) is 9.98 Å². The number of thioether (sulfide) groups is 1. The van der Waals surface area contributed by atoms with Gasteiger partial charge in [0, 0.05) is 22.9 Å². The minimum absolute atomic E-state index is 0.201. The summed E-state index contributed by atoms with van der Waals surface area (Å²) in [6, 6.07) is 14.2. The molecule has 208 valence electrons. The molecule has 0 saturated carbocycles. The molecule has 1 aromatic carbocycles. The fourth-order valence-corrected chi connectivity index (χ4v) is 4.90. The quantitative estimate of drug-likeness (QED) is 0.115. The molecule has 0 bridgehead atoms. The van der Waals surface area contributed by atoms with Gasteiger partial charge in [0.15, 0.2) is 5.79 Å². The molecule has 0 aliphatic rings. The fourth-order valence-electron chi connectivity index (χ4n) is 3.42. The van der Waals surface area contributed by atoms with E-state index in [1.54, 1.807) is 23.1 Å². The van der Waals surface area contributed by atoms with Crippen molar-refractivity contribution in [3.63, 3.8) is 0 Å². The Hall–Kier alpha value is -2.50. The lowest BCUT2D eigenvalue weighted by atomic mass is 10.0. The van der Waals surface area contributed by atoms with Crippen LogP contribution in [0.2, 0.25) is 0 Å². The van der Waals surface area contributed by atoms with E-state index in [0.29, 0.717) is 12.5 Å². The number of aryl methyl sites for hydroxylation is 2. The van der Waals surface area contributed by atoms with Gasteiger partial charge in [-0.05, 0) is 70.6 Å². The molecule has 0 radical (unpaired) electrons. The average Bonchev–Trinajstić information content (AvgIpc) is 3.29. The predicted molar refractivity (Wildman–Crippen MR) is 162 cm³/mol. The zero-order valence-corrected chi connectivity index (χ0v) is 24.8. The van der Waals surface area contributed by atoms with Crippen molar-refractivity contribution in [2.45, 2.75) is 59.8 Å². The maximum atomic E-state index is 9.55. The highest BCUT2D eigenvalue weighted by molar-refractivity contribution is 8.13. The number of hydrogen-bond acceptors (Lipinski definition) is 10. The van der Waals surface area contributed by atoms with Crippen LogP contribution in [-0.4, -0.2) is 55.5 Å². The van der Waals surface area contributed by atoms with Gasteiger partial charge >= 0.3 is 0 Å². The number of aliphatic imine (C=N–C) groups is 1. The highest BCUT2D eigenvalue weighted by Crippen LogP contribution is 2.27. The van der Waals surface area contributed by atoms with E-state index in [9.17, 15) is 5.11 Å². The zero-order valence-electron chi connectivity index (χ0n) is 23.2. The average molecular weight is 560 g/mol. The molecule has 0 spiro atoms. The standard InChI is InChI=1S/C25H33N5OS2.C3H8O2/c1-5-19(16-31)13-14-26-23-22(24(32-4)29-20-9-7-6-8-10-20)18(3)28-25(30-23)27-15-21-12-11-17(2)33-21;1-3(2,4)5/h6-12,19,31H,5,13-16H2,1-4H3,(H2,26,27,28,30);4-5H,1-2H3. The molecule has 2 heterocycles. The second kappa shape index (κ2) is 15.8. The summed E-state index contributed by atoms with van der Waals surface area (Å²) in [6.45, 7) is 10.4. The molecule has 8 nitrogen and oxygen atoms in total. The molecule has 38 heavy (non-hydrogen) atoms. The third kappa shape index (κ3) is 11.5. The van der Waals surface area contributed by atoms with Crippen LogP contribution in [0.1, 0.15) is 54.6 Å². The van der Waals surface area contributed by atoms with E-state index in [0.717, 1.165) is 47.2 Å². The highest BCUT2D eigenvalue weighted by Gasteiger charge is 2.18. The first-order chi connectivity index (χ1) is 18.0. The van der Waals surface area contributed by atoms with Crippen LogP contribution < -0.4 is 10.6 Å². The monoisotopic (exact) mass is 559 g/mol. The minimum atomic E-state index is -1.50. The number of aromatic nitrogens is 2. The van der Waals surface area contributed by atoms with Crippen molar-refractivity contribution in [1.29, 1.82) is 0 Å². The molecule has 1 atom stereocenters. The summed E-state index contributed by atoms with van der Waals surface area (Å²) >= 11 is 3.36. The summed E-state index contributed by atoms with van der Waals surface area (Å²) in [7, 11) is 0. The maximum Gasteiger partial charge on any atom is 0.225 e. The van der Waals surface area contributed by atoms with Crippen LogP contribution in [0.15, 0.2) is 47.5 Å². The van der Waals surface area contributed by atoms with Gasteiger partial charge in [0.1, 0.15) is 10.9 Å². The molecule has 0 fully saturated rings. The molecular weight excluding hydrogens is 518 g/mol. The first-order valence-electron chi connectivity index (χ1n) is 12.7. The number of rotatable bonds is 11. The van der Waals surface area contributed by atoms with Gasteiger partial charge in [-0.2, -0.15) is 4.98 Å². The topological polar surface area (TPSA) is 123 Å². The lowest BCUT2D eigenvalue weighted by Crippen LogP contribution is -2.17. The molecule has 0 saturated heterocycles. The Balaban J connectivity index is 0.000000926. The van der Waals surface area contributed by atoms with Crippen molar-refractivity contribution in [2.75, 3.05) is 30.0 Å². The summed E-state index contributed by atoms with van der Waals surface area (Å²) in [5, 5.41) is 33.5. The summed E-state index contributed by atoms with van der Waals surface area (Å²) in [5.74, 6) is 0.143. The van der Waals surface area contributed by atoms with Crippen molar-refractivity contribution in [1.82, 2.24) is 9.97 Å². The molecule has 5 N–H and O–H groups in total. The van der Waals surface area contributed by atoms with E-state index in [1.807, 2.05) is 43.5 Å². The third-order valence-corrected chi connectivity index (χ3v) is 7.06. The molecule has 2 aromatic heterocycles. The van der Waals surface area contributed by atoms with Crippen LogP contribution in [-0.2, 0) is 6.54 Å². The molecule has 1 unspecified atom stereocenters. The predicted octanol–water partition coefficient (Wildman–Crippen LogP) is 5.74. The molecule has 0 aliphatic carbocycles. The highest BCUT2D eigenvalue weighted by atomic mass is 32.2. The number of aliphatic hydroxyl groups excluding tert-OH is 1. The Morgan fingerprint density at radius 3 is 2.32 bits per heavy atom. The minimum Gasteiger partial charge on any atom is -0.396 e. The summed E-state index contributed by atoms with van der Waals surface area (Å²) < 4.78 is 0. The van der Waals surface area contributed by atoms with Crippen molar-refractivity contribution >= 4 is 45.6 Å². The SMILES string of the molecule is CC(C)(O)O.CCC(CO)CCNc1nc(NCc2ccc(C)s2)nc(C)c1C(=Nc1ccccc1)SC. The fraction of sp³-hybridized carbons (Fsp3) is 0.464. The smallest absolute Gasteiger partial charge is 0.225 e. The Morgan fingerprint density at radius 2 is 1.76 bits per heavy atom. The Kier molecular flexibility index (Phi) is 13.2. The Labute approximate surface area is 234 Å². The zero-order chi connectivity index (χ0) is 28.1. The molecule has 3 aromatic rings. The van der Waals surface area contributed by atoms with E-state index < -0.39 is 5.79 Å². The van der Waals surface area contributed by atoms with Gasteiger partial charge in [0.2, 0.25) is 5.95 Å². The van der Waals surface area contributed by atoms with Gasteiger partial charge in [0.25, 0.3) is 0 Å². The number of hydrogen-bond donors (Lipinski definition) is 5. The van der Waals surface area contributed by atoms with Crippen LogP contribution in [0.25, 0.3) is 0 Å². The van der Waals surface area contributed by atoms with E-state index in [4.69, 9.17) is 25.2 Å². The van der Waals surface area contributed by atoms with E-state index >= 15 is 0 Å². The summed E-state index contributed by atoms with van der Waals surface area (Å²) in [4.78, 5) is 17.0. The van der Waals surface area contributed by atoms with Crippen LogP contribution in [0.4, 0.5) is 17.5 Å². The number of nitrogens with zero attached hydrogens (tertiary/aromatic N) is 3. The lowest BCUT2D eigenvalue weighted by molar-refractivity contribution is -0.127. The Morgan fingerprint density at radius 1 is 1.08 bits per heavy atom. The van der Waals surface area contributed by atoms with Gasteiger partial charge in [-0.15, -0.1) is 23.1 Å². The van der Waals surface area contributed by atoms with Crippen LogP contribution in [0, 0.1) is 19.8 Å². The summed E-state index contributed by atoms with van der Waals surface area (Å²) in [5.41, 5.74) is 2.69. The number of anilines is 2. The number of benzene rings is 1. The second-order valence-corrected chi connectivity index (χ2v) is 11.5. The molecule has 10 heteroatoms. The number of thiophene rings is 1. The lowest BCUT2D eigenvalue weighted by Gasteiger charge is -2.17. The number of aliphatic hydroxyl groups is 3. The van der Waals surface area contributed by atoms with Crippen LogP contribution >= 0.6 is 23.1 Å². The molecular formula is C28H41N5O3S2.